The number of aromatic nitrogens is 2. The zero-order chi connectivity index (χ0) is 21.7. The maximum absolute atomic E-state index is 13.2. The van der Waals surface area contributed by atoms with E-state index in [1.165, 1.54) is 27.9 Å². The predicted molar refractivity (Wildman–Crippen MR) is 119 cm³/mol. The number of nitro groups is 1. The summed E-state index contributed by atoms with van der Waals surface area (Å²) >= 11 is 1.59. The lowest BCUT2D eigenvalue weighted by Gasteiger charge is -2.29. The maximum Gasteiger partial charge on any atom is 0.269 e. The van der Waals surface area contributed by atoms with E-state index >= 15 is 0 Å². The van der Waals surface area contributed by atoms with Crippen molar-refractivity contribution in [2.24, 2.45) is 5.92 Å². The number of anilines is 1. The van der Waals surface area contributed by atoms with Gasteiger partial charge >= 0.3 is 0 Å². The summed E-state index contributed by atoms with van der Waals surface area (Å²) < 4.78 is 1.40. The quantitative estimate of drug-likeness (QED) is 0.461. The van der Waals surface area contributed by atoms with Crippen molar-refractivity contribution >= 4 is 38.8 Å². The Morgan fingerprint density at radius 2 is 2.19 bits per heavy atom. The molecule has 3 aromatic rings. The van der Waals surface area contributed by atoms with Crippen LogP contribution in [0.4, 0.5) is 11.4 Å². The molecule has 0 N–H and O–H groups in total. The highest BCUT2D eigenvalue weighted by Crippen LogP contribution is 2.35. The minimum Gasteiger partial charge on any atom is -0.311 e. The molecule has 0 saturated carbocycles. The number of amides is 1. The van der Waals surface area contributed by atoms with E-state index in [-0.39, 0.29) is 23.7 Å². The lowest BCUT2D eigenvalue weighted by Crippen LogP contribution is -2.39. The van der Waals surface area contributed by atoms with E-state index in [0.29, 0.717) is 30.0 Å². The number of carbonyl (C=O) groups is 1. The van der Waals surface area contributed by atoms with Crippen molar-refractivity contribution in [3.63, 3.8) is 0 Å². The van der Waals surface area contributed by atoms with Crippen LogP contribution >= 0.6 is 11.3 Å². The fourth-order valence-corrected chi connectivity index (χ4v) is 6.01. The zero-order valence-electron chi connectivity index (χ0n) is 17.2. The molecule has 31 heavy (non-hydrogen) atoms. The van der Waals surface area contributed by atoms with E-state index in [9.17, 15) is 19.7 Å². The Morgan fingerprint density at radius 1 is 1.35 bits per heavy atom. The Hall–Kier alpha value is -3.07. The lowest BCUT2D eigenvalue weighted by molar-refractivity contribution is -0.384. The van der Waals surface area contributed by atoms with Gasteiger partial charge in [0.15, 0.2) is 0 Å². The lowest BCUT2D eigenvalue weighted by atomic mass is 9.89. The first-order valence-corrected chi connectivity index (χ1v) is 11.3. The van der Waals surface area contributed by atoms with Crippen molar-refractivity contribution < 1.29 is 9.72 Å². The number of nitrogens with zero attached hydrogens (tertiary/aromatic N) is 4. The SMILES string of the molecule is CC1CCc2c(sc3ncn(CC(=O)N4CCCc5cc([N+](=O)[O-])ccc54)c(=O)c23)C1. The highest BCUT2D eigenvalue weighted by Gasteiger charge is 2.26. The third-order valence-corrected chi connectivity index (χ3v) is 7.44. The first-order valence-electron chi connectivity index (χ1n) is 10.5. The first-order chi connectivity index (χ1) is 14.9. The number of fused-ring (bicyclic) bond motifs is 4. The van der Waals surface area contributed by atoms with Crippen LogP contribution in [0.5, 0.6) is 0 Å². The summed E-state index contributed by atoms with van der Waals surface area (Å²) in [6.45, 7) is 2.65. The van der Waals surface area contributed by atoms with Gasteiger partial charge in [0.05, 0.1) is 16.6 Å². The van der Waals surface area contributed by atoms with Gasteiger partial charge in [-0.1, -0.05) is 6.92 Å². The van der Waals surface area contributed by atoms with Gasteiger partial charge in [-0.3, -0.25) is 24.3 Å². The summed E-state index contributed by atoms with van der Waals surface area (Å²) in [6, 6.07) is 4.58. The topological polar surface area (TPSA) is 98.3 Å². The molecule has 1 atom stereocenters. The van der Waals surface area contributed by atoms with Crippen molar-refractivity contribution in [1.29, 1.82) is 0 Å². The molecule has 0 spiro atoms. The first kappa shape index (κ1) is 19.9. The number of hydrogen-bond acceptors (Lipinski definition) is 6. The number of aryl methyl sites for hydroxylation is 2. The molecule has 2 aliphatic rings. The van der Waals surface area contributed by atoms with Gasteiger partial charge < -0.3 is 4.90 Å². The van der Waals surface area contributed by atoms with Gasteiger partial charge in [0.25, 0.3) is 11.2 Å². The number of benzene rings is 1. The van der Waals surface area contributed by atoms with Crippen molar-refractivity contribution in [2.45, 2.75) is 45.6 Å². The second-order valence-corrected chi connectivity index (χ2v) is 9.51. The van der Waals surface area contributed by atoms with Gasteiger partial charge in [-0.2, -0.15) is 0 Å². The molecule has 0 fully saturated rings. The molecule has 1 aromatic carbocycles. The third kappa shape index (κ3) is 3.42. The second kappa shape index (κ2) is 7.56. The molecule has 160 valence electrons. The van der Waals surface area contributed by atoms with E-state index in [1.54, 1.807) is 22.3 Å². The highest BCUT2D eigenvalue weighted by atomic mass is 32.1. The van der Waals surface area contributed by atoms with E-state index in [1.807, 2.05) is 0 Å². The molecule has 1 amide bonds. The van der Waals surface area contributed by atoms with Gasteiger partial charge in [-0.25, -0.2) is 4.98 Å². The van der Waals surface area contributed by atoms with Crippen LogP contribution in [0.15, 0.2) is 29.3 Å². The van der Waals surface area contributed by atoms with Crippen LogP contribution in [0.1, 0.15) is 35.8 Å². The minimum atomic E-state index is -0.427. The number of thiophene rings is 1. The summed E-state index contributed by atoms with van der Waals surface area (Å²) in [5.41, 5.74) is 2.44. The van der Waals surface area contributed by atoms with E-state index in [0.717, 1.165) is 41.6 Å². The monoisotopic (exact) mass is 438 g/mol. The van der Waals surface area contributed by atoms with Crippen LogP contribution in [0.2, 0.25) is 0 Å². The Kier molecular flexibility index (Phi) is 4.85. The number of hydrogen-bond donors (Lipinski definition) is 0. The number of rotatable bonds is 3. The fourth-order valence-electron chi connectivity index (χ4n) is 4.67. The molecular weight excluding hydrogens is 416 g/mol. The van der Waals surface area contributed by atoms with Crippen LogP contribution in [-0.4, -0.2) is 26.9 Å². The molecule has 5 rings (SSSR count). The van der Waals surface area contributed by atoms with Crippen LogP contribution in [0.3, 0.4) is 0 Å². The van der Waals surface area contributed by atoms with Crippen LogP contribution in [0.25, 0.3) is 10.2 Å². The number of nitro benzene ring substituents is 1. The fraction of sp³-hybridized carbons (Fsp3) is 0.409. The molecule has 1 aliphatic carbocycles. The molecule has 8 nitrogen and oxygen atoms in total. The minimum absolute atomic E-state index is 0.0236. The molecule has 3 heterocycles. The molecule has 0 radical (unpaired) electrons. The number of non-ortho nitro benzene ring substituents is 1. The van der Waals surface area contributed by atoms with Crippen LogP contribution in [-0.2, 0) is 30.6 Å². The molecular formula is C22H22N4O4S. The maximum atomic E-state index is 13.2. The van der Waals surface area contributed by atoms with Crippen LogP contribution in [0, 0.1) is 16.0 Å². The van der Waals surface area contributed by atoms with Crippen molar-refractivity contribution in [2.75, 3.05) is 11.4 Å². The van der Waals surface area contributed by atoms with E-state index in [4.69, 9.17) is 0 Å². The third-order valence-electron chi connectivity index (χ3n) is 6.28. The van der Waals surface area contributed by atoms with E-state index in [2.05, 4.69) is 11.9 Å². The average molecular weight is 439 g/mol. The summed E-state index contributed by atoms with van der Waals surface area (Å²) in [6.07, 6.45) is 5.79. The van der Waals surface area contributed by atoms with Gasteiger partial charge in [0.1, 0.15) is 11.4 Å². The second-order valence-electron chi connectivity index (χ2n) is 8.43. The average Bonchev–Trinajstić information content (AvgIpc) is 3.12. The van der Waals surface area contributed by atoms with Crippen molar-refractivity contribution in [3.8, 4) is 0 Å². The molecule has 1 unspecified atom stereocenters. The van der Waals surface area contributed by atoms with Crippen molar-refractivity contribution in [1.82, 2.24) is 9.55 Å². The van der Waals surface area contributed by atoms with E-state index < -0.39 is 4.92 Å². The smallest absolute Gasteiger partial charge is 0.269 e. The van der Waals surface area contributed by atoms with Gasteiger partial charge in [-0.05, 0) is 55.2 Å². The molecule has 2 aromatic heterocycles. The van der Waals surface area contributed by atoms with Gasteiger partial charge in [0.2, 0.25) is 5.91 Å². The Morgan fingerprint density at radius 3 is 3.00 bits per heavy atom. The predicted octanol–water partition coefficient (Wildman–Crippen LogP) is 3.47. The standard InChI is InChI=1S/C22H22N4O4S/c1-13-4-6-16-18(9-13)31-21-20(16)22(28)24(12-23-21)11-19(27)25-8-2-3-14-10-15(26(29)30)5-7-17(14)25/h5,7,10,12-13H,2-4,6,8-9,11H2,1H3. The highest BCUT2D eigenvalue weighted by molar-refractivity contribution is 7.18. The van der Waals surface area contributed by atoms with Gasteiger partial charge in [-0.15, -0.1) is 11.3 Å². The summed E-state index contributed by atoms with van der Waals surface area (Å²) in [5, 5.41) is 11.7. The Labute approximate surface area is 182 Å². The Bertz CT molecular complexity index is 1280. The molecule has 1 aliphatic heterocycles. The Balaban J connectivity index is 1.46. The molecule has 0 bridgehead atoms. The summed E-state index contributed by atoms with van der Waals surface area (Å²) in [4.78, 5) is 45.1. The normalized spacial score (nSPS) is 18.0. The number of carbonyl (C=O) groups excluding carboxylic acids is 1. The summed E-state index contributed by atoms with van der Waals surface area (Å²) in [5.74, 6) is 0.398. The van der Waals surface area contributed by atoms with Crippen LogP contribution < -0.4 is 10.5 Å². The van der Waals surface area contributed by atoms with Crippen molar-refractivity contribution in [3.05, 3.63) is 61.0 Å². The molecule has 0 saturated heterocycles. The zero-order valence-corrected chi connectivity index (χ0v) is 18.0. The van der Waals surface area contributed by atoms with Gasteiger partial charge in [0, 0.05) is 29.2 Å². The largest absolute Gasteiger partial charge is 0.311 e. The summed E-state index contributed by atoms with van der Waals surface area (Å²) in [7, 11) is 0. The molecule has 9 heteroatoms.